The Morgan fingerprint density at radius 2 is 2.28 bits per heavy atom. The number of rotatable bonds is 2. The van der Waals surface area contributed by atoms with Crippen LogP contribution in [0.5, 0.6) is 0 Å². The van der Waals surface area contributed by atoms with Crippen LogP contribution in [0.15, 0.2) is 18.2 Å². The van der Waals surface area contributed by atoms with Gasteiger partial charge < -0.3 is 9.47 Å². The SMILES string of the molecule is COC(=O)C1(c2nc3cccc(C)n3n2)COC1. The van der Waals surface area contributed by atoms with Gasteiger partial charge in [-0.05, 0) is 19.1 Å². The number of pyridine rings is 1. The van der Waals surface area contributed by atoms with Gasteiger partial charge in [0.15, 0.2) is 16.9 Å². The lowest BCUT2D eigenvalue weighted by Crippen LogP contribution is -2.54. The molecule has 0 amide bonds. The van der Waals surface area contributed by atoms with Crippen LogP contribution < -0.4 is 0 Å². The predicted molar refractivity (Wildman–Crippen MR) is 62.2 cm³/mol. The van der Waals surface area contributed by atoms with Gasteiger partial charge in [0.25, 0.3) is 0 Å². The molecule has 0 saturated carbocycles. The van der Waals surface area contributed by atoms with Crippen LogP contribution in [0.2, 0.25) is 0 Å². The molecule has 6 nitrogen and oxygen atoms in total. The van der Waals surface area contributed by atoms with Gasteiger partial charge >= 0.3 is 5.97 Å². The molecule has 1 fully saturated rings. The van der Waals surface area contributed by atoms with E-state index in [9.17, 15) is 4.79 Å². The number of hydrogen-bond donors (Lipinski definition) is 0. The first-order chi connectivity index (χ1) is 8.67. The molecule has 0 radical (unpaired) electrons. The van der Waals surface area contributed by atoms with E-state index in [1.807, 2.05) is 25.1 Å². The normalized spacial score (nSPS) is 17.4. The molecule has 0 N–H and O–H groups in total. The molecular weight excluding hydrogens is 234 g/mol. The van der Waals surface area contributed by atoms with Gasteiger partial charge in [-0.3, -0.25) is 4.79 Å². The minimum Gasteiger partial charge on any atom is -0.468 e. The molecular formula is C12H13N3O3. The molecule has 1 saturated heterocycles. The van der Waals surface area contributed by atoms with Gasteiger partial charge in [-0.25, -0.2) is 9.50 Å². The van der Waals surface area contributed by atoms with E-state index in [4.69, 9.17) is 9.47 Å². The molecule has 1 aliphatic rings. The predicted octanol–water partition coefficient (Wildman–Crippen LogP) is 0.479. The van der Waals surface area contributed by atoms with Gasteiger partial charge in [-0.15, -0.1) is 5.10 Å². The van der Waals surface area contributed by atoms with Crippen LogP contribution in [0, 0.1) is 6.92 Å². The van der Waals surface area contributed by atoms with Crippen LogP contribution in [-0.2, 0) is 19.7 Å². The molecule has 0 unspecified atom stereocenters. The van der Waals surface area contributed by atoms with Gasteiger partial charge in [-0.2, -0.15) is 0 Å². The fourth-order valence-corrected chi connectivity index (χ4v) is 2.08. The van der Waals surface area contributed by atoms with Gasteiger partial charge in [0, 0.05) is 5.69 Å². The van der Waals surface area contributed by atoms with E-state index in [2.05, 4.69) is 10.1 Å². The number of hydrogen-bond acceptors (Lipinski definition) is 5. The summed E-state index contributed by atoms with van der Waals surface area (Å²) in [6, 6.07) is 5.70. The number of fused-ring (bicyclic) bond motifs is 1. The van der Waals surface area contributed by atoms with Crippen LogP contribution in [0.1, 0.15) is 11.5 Å². The lowest BCUT2D eigenvalue weighted by Gasteiger charge is -2.35. The first-order valence-electron chi connectivity index (χ1n) is 5.66. The summed E-state index contributed by atoms with van der Waals surface area (Å²) in [5.41, 5.74) is 0.847. The summed E-state index contributed by atoms with van der Waals surface area (Å²) in [4.78, 5) is 16.3. The number of esters is 1. The molecule has 6 heteroatoms. The fourth-order valence-electron chi connectivity index (χ4n) is 2.08. The largest absolute Gasteiger partial charge is 0.468 e. The Balaban J connectivity index is 2.14. The Kier molecular flexibility index (Phi) is 2.34. The highest BCUT2D eigenvalue weighted by molar-refractivity contribution is 5.83. The molecule has 0 bridgehead atoms. The molecule has 0 aliphatic carbocycles. The third kappa shape index (κ3) is 1.35. The van der Waals surface area contributed by atoms with Gasteiger partial charge in [0.05, 0.1) is 20.3 Å². The summed E-state index contributed by atoms with van der Waals surface area (Å²) in [6.07, 6.45) is 0. The zero-order valence-electron chi connectivity index (χ0n) is 10.2. The first kappa shape index (κ1) is 11.2. The van der Waals surface area contributed by atoms with Crippen LogP contribution in [-0.4, -0.2) is 40.9 Å². The van der Waals surface area contributed by atoms with E-state index < -0.39 is 5.41 Å². The Morgan fingerprint density at radius 3 is 2.83 bits per heavy atom. The van der Waals surface area contributed by atoms with E-state index in [0.717, 1.165) is 11.3 Å². The van der Waals surface area contributed by atoms with E-state index in [1.165, 1.54) is 7.11 Å². The van der Waals surface area contributed by atoms with E-state index >= 15 is 0 Å². The summed E-state index contributed by atoms with van der Waals surface area (Å²) < 4.78 is 11.7. The van der Waals surface area contributed by atoms with Crippen molar-refractivity contribution in [1.82, 2.24) is 14.6 Å². The maximum Gasteiger partial charge on any atom is 0.324 e. The topological polar surface area (TPSA) is 65.7 Å². The molecule has 2 aromatic heterocycles. The highest BCUT2D eigenvalue weighted by atomic mass is 16.5. The second-order valence-corrected chi connectivity index (χ2v) is 4.44. The molecule has 3 rings (SSSR count). The lowest BCUT2D eigenvalue weighted by molar-refractivity contribution is -0.167. The maximum absolute atomic E-state index is 11.9. The molecule has 3 heterocycles. The number of aromatic nitrogens is 3. The summed E-state index contributed by atoms with van der Waals surface area (Å²) in [5.74, 6) is 0.122. The van der Waals surface area contributed by atoms with Crippen LogP contribution in [0.25, 0.3) is 5.65 Å². The summed E-state index contributed by atoms with van der Waals surface area (Å²) >= 11 is 0. The molecule has 2 aromatic rings. The summed E-state index contributed by atoms with van der Waals surface area (Å²) in [6.45, 7) is 2.48. The van der Waals surface area contributed by atoms with Crippen molar-refractivity contribution < 1.29 is 14.3 Å². The highest BCUT2D eigenvalue weighted by Crippen LogP contribution is 2.31. The Morgan fingerprint density at radius 1 is 1.50 bits per heavy atom. The van der Waals surface area contributed by atoms with Gasteiger partial charge in [0.1, 0.15) is 0 Å². The lowest BCUT2D eigenvalue weighted by atomic mass is 9.85. The van der Waals surface area contributed by atoms with Crippen molar-refractivity contribution in [2.45, 2.75) is 12.3 Å². The summed E-state index contributed by atoms with van der Waals surface area (Å²) in [7, 11) is 1.36. The van der Waals surface area contributed by atoms with Crippen molar-refractivity contribution in [1.29, 1.82) is 0 Å². The van der Waals surface area contributed by atoms with Gasteiger partial charge in [0.2, 0.25) is 0 Å². The number of ether oxygens (including phenoxy) is 2. The van der Waals surface area contributed by atoms with Crippen molar-refractivity contribution in [3.05, 3.63) is 29.7 Å². The Bertz CT molecular complexity index is 616. The van der Waals surface area contributed by atoms with E-state index in [0.29, 0.717) is 5.82 Å². The second-order valence-electron chi connectivity index (χ2n) is 4.44. The minimum absolute atomic E-state index is 0.273. The number of aryl methyl sites for hydroxylation is 1. The fraction of sp³-hybridized carbons (Fsp3) is 0.417. The zero-order valence-corrected chi connectivity index (χ0v) is 10.2. The Labute approximate surface area is 104 Å². The molecule has 1 aliphatic heterocycles. The molecule has 18 heavy (non-hydrogen) atoms. The smallest absolute Gasteiger partial charge is 0.324 e. The van der Waals surface area contributed by atoms with E-state index in [1.54, 1.807) is 4.52 Å². The minimum atomic E-state index is -0.840. The summed E-state index contributed by atoms with van der Waals surface area (Å²) in [5, 5.41) is 4.40. The quantitative estimate of drug-likeness (QED) is 0.722. The van der Waals surface area contributed by atoms with Crippen LogP contribution in [0.3, 0.4) is 0 Å². The van der Waals surface area contributed by atoms with Crippen LogP contribution in [0.4, 0.5) is 0 Å². The van der Waals surface area contributed by atoms with Crippen molar-refractivity contribution in [2.75, 3.05) is 20.3 Å². The standard InChI is InChI=1S/C12H13N3O3/c1-8-4-3-5-9-13-10(14-15(8)9)12(6-18-7-12)11(16)17-2/h3-5H,6-7H2,1-2H3. The van der Waals surface area contributed by atoms with Crippen molar-refractivity contribution in [3.8, 4) is 0 Å². The number of carbonyl (C=O) groups excluding carboxylic acids is 1. The number of carbonyl (C=O) groups is 1. The maximum atomic E-state index is 11.9. The third-order valence-electron chi connectivity index (χ3n) is 3.25. The van der Waals surface area contributed by atoms with Crippen molar-refractivity contribution in [3.63, 3.8) is 0 Å². The second kappa shape index (κ2) is 3.78. The third-order valence-corrected chi connectivity index (χ3v) is 3.25. The van der Waals surface area contributed by atoms with Crippen molar-refractivity contribution in [2.24, 2.45) is 0 Å². The Hall–Kier alpha value is -1.95. The van der Waals surface area contributed by atoms with E-state index in [-0.39, 0.29) is 19.2 Å². The molecule has 0 aromatic carbocycles. The first-order valence-corrected chi connectivity index (χ1v) is 5.66. The van der Waals surface area contributed by atoms with Crippen LogP contribution >= 0.6 is 0 Å². The van der Waals surface area contributed by atoms with Gasteiger partial charge in [-0.1, -0.05) is 6.07 Å². The van der Waals surface area contributed by atoms with Crippen molar-refractivity contribution >= 4 is 11.6 Å². The highest BCUT2D eigenvalue weighted by Gasteiger charge is 2.52. The average Bonchev–Trinajstić information content (AvgIpc) is 2.73. The monoisotopic (exact) mass is 247 g/mol. The molecule has 0 atom stereocenters. The zero-order chi connectivity index (χ0) is 12.8. The number of nitrogens with zero attached hydrogens (tertiary/aromatic N) is 3. The number of methoxy groups -OCH3 is 1. The average molecular weight is 247 g/mol. The molecule has 94 valence electrons. The molecule has 0 spiro atoms.